The molecule has 3 aliphatic carbocycles. The summed E-state index contributed by atoms with van der Waals surface area (Å²) in [5.74, 6) is 4.40. The lowest BCUT2D eigenvalue weighted by Crippen LogP contribution is -2.43. The molecule has 0 saturated heterocycles. The van der Waals surface area contributed by atoms with E-state index in [1.54, 1.807) is 0 Å². The molecule has 0 spiro atoms. The third-order valence-corrected chi connectivity index (χ3v) is 4.67. The Morgan fingerprint density at radius 3 is 2.43 bits per heavy atom. The van der Waals surface area contributed by atoms with Crippen LogP contribution in [0.2, 0.25) is 0 Å². The molecule has 0 N–H and O–H groups in total. The number of rotatable bonds is 1. The molecule has 14 heavy (non-hydrogen) atoms. The SMILES string of the molecule is CC(C)C1CC2CC(C#N)C1CC2C. The second-order valence-corrected chi connectivity index (χ2v) is 5.75. The van der Waals surface area contributed by atoms with Crippen molar-refractivity contribution in [2.24, 2.45) is 35.5 Å². The van der Waals surface area contributed by atoms with Gasteiger partial charge < -0.3 is 0 Å². The quantitative estimate of drug-likeness (QED) is 0.622. The molecule has 3 aliphatic rings. The van der Waals surface area contributed by atoms with Crippen LogP contribution >= 0.6 is 0 Å². The van der Waals surface area contributed by atoms with Crippen molar-refractivity contribution in [2.45, 2.75) is 40.0 Å². The highest BCUT2D eigenvalue weighted by Crippen LogP contribution is 2.52. The predicted octanol–water partition coefficient (Wildman–Crippen LogP) is 3.46. The van der Waals surface area contributed by atoms with E-state index in [9.17, 15) is 0 Å². The monoisotopic (exact) mass is 191 g/mol. The zero-order chi connectivity index (χ0) is 10.3. The second-order valence-electron chi connectivity index (χ2n) is 5.75. The van der Waals surface area contributed by atoms with Crippen LogP contribution in [0.25, 0.3) is 0 Å². The van der Waals surface area contributed by atoms with Crippen LogP contribution < -0.4 is 0 Å². The molecular weight excluding hydrogens is 170 g/mol. The van der Waals surface area contributed by atoms with E-state index in [1.165, 1.54) is 19.3 Å². The normalized spacial score (nSPS) is 46.6. The lowest BCUT2D eigenvalue weighted by Gasteiger charge is -2.50. The highest BCUT2D eigenvalue weighted by molar-refractivity contribution is 5.02. The Bertz CT molecular complexity index is 250. The van der Waals surface area contributed by atoms with Gasteiger partial charge in [-0.2, -0.15) is 5.26 Å². The highest BCUT2D eigenvalue weighted by atomic mass is 14.5. The van der Waals surface area contributed by atoms with Crippen molar-refractivity contribution >= 4 is 0 Å². The van der Waals surface area contributed by atoms with E-state index < -0.39 is 0 Å². The molecule has 3 rings (SSSR count). The summed E-state index contributed by atoms with van der Waals surface area (Å²) in [5.41, 5.74) is 0. The largest absolute Gasteiger partial charge is 0.198 e. The van der Waals surface area contributed by atoms with Crippen LogP contribution in [0.5, 0.6) is 0 Å². The van der Waals surface area contributed by atoms with Gasteiger partial charge in [0.05, 0.1) is 6.07 Å². The van der Waals surface area contributed by atoms with Crippen molar-refractivity contribution in [1.82, 2.24) is 0 Å². The Kier molecular flexibility index (Phi) is 2.56. The molecule has 2 bridgehead atoms. The van der Waals surface area contributed by atoms with Gasteiger partial charge in [-0.15, -0.1) is 0 Å². The summed E-state index contributed by atoms with van der Waals surface area (Å²) >= 11 is 0. The van der Waals surface area contributed by atoms with Gasteiger partial charge in [0, 0.05) is 5.92 Å². The predicted molar refractivity (Wildman–Crippen MR) is 57.4 cm³/mol. The molecular formula is C13H21N. The van der Waals surface area contributed by atoms with E-state index in [2.05, 4.69) is 26.8 Å². The molecule has 0 aromatic carbocycles. The fourth-order valence-electron chi connectivity index (χ4n) is 3.76. The molecule has 5 unspecified atom stereocenters. The van der Waals surface area contributed by atoms with Gasteiger partial charge in [-0.3, -0.25) is 0 Å². The van der Waals surface area contributed by atoms with Crippen LogP contribution in [-0.2, 0) is 0 Å². The third-order valence-electron chi connectivity index (χ3n) is 4.67. The Labute approximate surface area is 87.5 Å². The summed E-state index contributed by atoms with van der Waals surface area (Å²) in [6, 6.07) is 2.54. The van der Waals surface area contributed by atoms with Crippen molar-refractivity contribution < 1.29 is 0 Å². The zero-order valence-electron chi connectivity index (χ0n) is 9.53. The Morgan fingerprint density at radius 1 is 1.21 bits per heavy atom. The average Bonchev–Trinajstić information content (AvgIpc) is 2.17. The molecule has 78 valence electrons. The fourth-order valence-corrected chi connectivity index (χ4v) is 3.76. The molecule has 3 saturated carbocycles. The van der Waals surface area contributed by atoms with E-state index in [0.717, 1.165) is 23.7 Å². The van der Waals surface area contributed by atoms with Crippen molar-refractivity contribution in [3.05, 3.63) is 0 Å². The van der Waals surface area contributed by atoms with Crippen molar-refractivity contribution in [3.8, 4) is 6.07 Å². The minimum Gasteiger partial charge on any atom is -0.198 e. The summed E-state index contributed by atoms with van der Waals surface area (Å²) in [6.07, 6.45) is 3.89. The topological polar surface area (TPSA) is 23.8 Å². The number of hydrogen-bond donors (Lipinski definition) is 0. The van der Waals surface area contributed by atoms with Gasteiger partial charge in [0.2, 0.25) is 0 Å². The lowest BCUT2D eigenvalue weighted by molar-refractivity contribution is -0.00274. The van der Waals surface area contributed by atoms with Gasteiger partial charge >= 0.3 is 0 Å². The molecule has 5 atom stereocenters. The van der Waals surface area contributed by atoms with Gasteiger partial charge in [-0.25, -0.2) is 0 Å². The first-order valence-electron chi connectivity index (χ1n) is 6.03. The Balaban J connectivity index is 2.17. The van der Waals surface area contributed by atoms with Crippen LogP contribution in [0, 0.1) is 46.8 Å². The average molecular weight is 191 g/mol. The van der Waals surface area contributed by atoms with Gasteiger partial charge in [-0.1, -0.05) is 20.8 Å². The summed E-state index contributed by atoms with van der Waals surface area (Å²) in [6.45, 7) is 7.02. The van der Waals surface area contributed by atoms with Crippen LogP contribution in [0.15, 0.2) is 0 Å². The van der Waals surface area contributed by atoms with Crippen molar-refractivity contribution in [1.29, 1.82) is 5.26 Å². The summed E-state index contributed by atoms with van der Waals surface area (Å²) in [4.78, 5) is 0. The van der Waals surface area contributed by atoms with Gasteiger partial charge in [0.15, 0.2) is 0 Å². The van der Waals surface area contributed by atoms with Crippen molar-refractivity contribution in [2.75, 3.05) is 0 Å². The first kappa shape index (κ1) is 10.0. The summed E-state index contributed by atoms with van der Waals surface area (Å²) in [5, 5.41) is 9.15. The molecule has 0 radical (unpaired) electrons. The minimum atomic E-state index is 0.373. The maximum absolute atomic E-state index is 9.15. The van der Waals surface area contributed by atoms with Gasteiger partial charge in [0.25, 0.3) is 0 Å². The minimum absolute atomic E-state index is 0.373. The molecule has 1 heteroatoms. The molecule has 0 aliphatic heterocycles. The molecule has 0 aromatic heterocycles. The summed E-state index contributed by atoms with van der Waals surface area (Å²) in [7, 11) is 0. The zero-order valence-corrected chi connectivity index (χ0v) is 9.53. The lowest BCUT2D eigenvalue weighted by atomic mass is 9.54. The highest BCUT2D eigenvalue weighted by Gasteiger charge is 2.46. The van der Waals surface area contributed by atoms with Gasteiger partial charge in [0.1, 0.15) is 0 Å². The van der Waals surface area contributed by atoms with E-state index in [1.807, 2.05) is 0 Å². The maximum Gasteiger partial charge on any atom is 0.0658 e. The van der Waals surface area contributed by atoms with Crippen LogP contribution in [-0.4, -0.2) is 0 Å². The number of nitriles is 1. The van der Waals surface area contributed by atoms with Crippen LogP contribution in [0.3, 0.4) is 0 Å². The first-order chi connectivity index (χ1) is 6.63. The molecule has 0 amide bonds. The Hall–Kier alpha value is -0.510. The fraction of sp³-hybridized carbons (Fsp3) is 0.923. The summed E-state index contributed by atoms with van der Waals surface area (Å²) < 4.78 is 0. The van der Waals surface area contributed by atoms with Crippen molar-refractivity contribution in [3.63, 3.8) is 0 Å². The Morgan fingerprint density at radius 2 is 1.93 bits per heavy atom. The van der Waals surface area contributed by atoms with E-state index in [4.69, 9.17) is 5.26 Å². The van der Waals surface area contributed by atoms with Gasteiger partial charge in [-0.05, 0) is 48.9 Å². The number of fused-ring (bicyclic) bond motifs is 3. The molecule has 1 nitrogen and oxygen atoms in total. The molecule has 0 aromatic rings. The standard InChI is InChI=1S/C13H21N/c1-8(2)12-6-10-5-11(7-14)13(12)4-9(10)3/h8-13H,4-6H2,1-3H3. The van der Waals surface area contributed by atoms with E-state index >= 15 is 0 Å². The molecule has 0 heterocycles. The number of nitrogens with zero attached hydrogens (tertiary/aromatic N) is 1. The van der Waals surface area contributed by atoms with Crippen LogP contribution in [0.4, 0.5) is 0 Å². The van der Waals surface area contributed by atoms with Crippen LogP contribution in [0.1, 0.15) is 40.0 Å². The van der Waals surface area contributed by atoms with E-state index in [-0.39, 0.29) is 0 Å². The smallest absolute Gasteiger partial charge is 0.0658 e. The van der Waals surface area contributed by atoms with E-state index in [0.29, 0.717) is 11.8 Å². The number of hydrogen-bond acceptors (Lipinski definition) is 1. The maximum atomic E-state index is 9.15. The molecule has 3 fully saturated rings. The first-order valence-corrected chi connectivity index (χ1v) is 6.03. The third kappa shape index (κ3) is 1.45. The second kappa shape index (κ2) is 3.57.